The highest BCUT2D eigenvalue weighted by Gasteiger charge is 2.19. The topological polar surface area (TPSA) is 64.7 Å². The van der Waals surface area contributed by atoms with Crippen LogP contribution in [0.2, 0.25) is 0 Å². The van der Waals surface area contributed by atoms with Crippen molar-refractivity contribution in [2.45, 2.75) is 31.7 Å². The molecular formula is C18H19N5O. The Hall–Kier alpha value is -2.89. The molecular weight excluding hydrogens is 302 g/mol. The number of nitrogens with one attached hydrogen (secondary N) is 1. The standard InChI is InChI=1S/C18H19N5O/c24-18(17-10-13-23(21-17)15-4-1-2-5-15)20-14-6-8-16(9-7-14)22-12-3-11-19-22/h3,6-13,15H,1-2,4-5H2,(H,20,24). The smallest absolute Gasteiger partial charge is 0.276 e. The fraction of sp³-hybridized carbons (Fsp3) is 0.278. The third-order valence-corrected chi connectivity index (χ3v) is 4.43. The minimum atomic E-state index is -0.182. The summed E-state index contributed by atoms with van der Waals surface area (Å²) in [6, 6.07) is 11.7. The van der Waals surface area contributed by atoms with E-state index in [1.165, 1.54) is 12.8 Å². The number of hydrogen-bond acceptors (Lipinski definition) is 3. The zero-order chi connectivity index (χ0) is 16.4. The van der Waals surface area contributed by atoms with Gasteiger partial charge >= 0.3 is 0 Å². The molecule has 0 unspecified atom stereocenters. The molecule has 6 heteroatoms. The fourth-order valence-electron chi connectivity index (χ4n) is 3.15. The van der Waals surface area contributed by atoms with Gasteiger partial charge in [0.05, 0.1) is 11.7 Å². The van der Waals surface area contributed by atoms with E-state index in [0.717, 1.165) is 24.2 Å². The second kappa shape index (κ2) is 6.31. The van der Waals surface area contributed by atoms with Crippen LogP contribution in [0.15, 0.2) is 55.0 Å². The van der Waals surface area contributed by atoms with E-state index in [4.69, 9.17) is 0 Å². The number of hydrogen-bond donors (Lipinski definition) is 1. The molecule has 6 nitrogen and oxygen atoms in total. The van der Waals surface area contributed by atoms with Gasteiger partial charge in [0.2, 0.25) is 0 Å². The highest BCUT2D eigenvalue weighted by molar-refractivity contribution is 6.02. The van der Waals surface area contributed by atoms with Gasteiger partial charge in [-0.05, 0) is 49.2 Å². The van der Waals surface area contributed by atoms with Gasteiger partial charge in [-0.15, -0.1) is 0 Å². The predicted molar refractivity (Wildman–Crippen MR) is 91.2 cm³/mol. The van der Waals surface area contributed by atoms with Crippen molar-refractivity contribution < 1.29 is 4.79 Å². The van der Waals surface area contributed by atoms with Crippen LogP contribution in [0.4, 0.5) is 5.69 Å². The van der Waals surface area contributed by atoms with Gasteiger partial charge in [-0.3, -0.25) is 9.48 Å². The van der Waals surface area contributed by atoms with E-state index >= 15 is 0 Å². The predicted octanol–water partition coefficient (Wildman–Crippen LogP) is 3.44. The van der Waals surface area contributed by atoms with Gasteiger partial charge in [0.25, 0.3) is 5.91 Å². The third-order valence-electron chi connectivity index (χ3n) is 4.43. The molecule has 2 heterocycles. The van der Waals surface area contributed by atoms with E-state index in [2.05, 4.69) is 15.5 Å². The second-order valence-corrected chi connectivity index (χ2v) is 6.07. The first-order valence-electron chi connectivity index (χ1n) is 8.26. The minimum Gasteiger partial charge on any atom is -0.321 e. The average molecular weight is 321 g/mol. The monoisotopic (exact) mass is 321 g/mol. The summed E-state index contributed by atoms with van der Waals surface area (Å²) in [4.78, 5) is 12.4. The Kier molecular flexibility index (Phi) is 3.86. The summed E-state index contributed by atoms with van der Waals surface area (Å²) in [6.07, 6.45) is 10.3. The Labute approximate surface area is 140 Å². The lowest BCUT2D eigenvalue weighted by Crippen LogP contribution is -2.14. The van der Waals surface area contributed by atoms with Crippen LogP contribution in [0.25, 0.3) is 5.69 Å². The van der Waals surface area contributed by atoms with Crippen molar-refractivity contribution in [1.82, 2.24) is 19.6 Å². The van der Waals surface area contributed by atoms with Crippen LogP contribution in [0.1, 0.15) is 42.2 Å². The fourth-order valence-corrected chi connectivity index (χ4v) is 3.15. The van der Waals surface area contributed by atoms with E-state index in [0.29, 0.717) is 11.7 Å². The molecule has 24 heavy (non-hydrogen) atoms. The number of amides is 1. The van der Waals surface area contributed by atoms with Crippen LogP contribution in [-0.4, -0.2) is 25.5 Å². The highest BCUT2D eigenvalue weighted by atomic mass is 16.1. The lowest BCUT2D eigenvalue weighted by molar-refractivity contribution is 0.102. The van der Waals surface area contributed by atoms with Crippen LogP contribution >= 0.6 is 0 Å². The van der Waals surface area contributed by atoms with Gasteiger partial charge in [0.1, 0.15) is 0 Å². The zero-order valence-electron chi connectivity index (χ0n) is 13.3. The first-order valence-corrected chi connectivity index (χ1v) is 8.26. The van der Waals surface area contributed by atoms with Crippen molar-refractivity contribution in [3.05, 3.63) is 60.7 Å². The molecule has 0 radical (unpaired) electrons. The number of benzene rings is 1. The Bertz CT molecular complexity index is 813. The zero-order valence-corrected chi connectivity index (χ0v) is 13.3. The molecule has 2 aromatic heterocycles. The van der Waals surface area contributed by atoms with Gasteiger partial charge < -0.3 is 5.32 Å². The first kappa shape index (κ1) is 14.7. The molecule has 1 aliphatic rings. The highest BCUT2D eigenvalue weighted by Crippen LogP contribution is 2.28. The van der Waals surface area contributed by atoms with Crippen molar-refractivity contribution in [2.75, 3.05) is 5.32 Å². The molecule has 1 saturated carbocycles. The van der Waals surface area contributed by atoms with E-state index in [1.54, 1.807) is 16.9 Å². The summed E-state index contributed by atoms with van der Waals surface area (Å²) in [6.45, 7) is 0. The molecule has 0 saturated heterocycles. The van der Waals surface area contributed by atoms with Gasteiger partial charge in [-0.2, -0.15) is 10.2 Å². The van der Waals surface area contributed by atoms with Gasteiger partial charge in [0.15, 0.2) is 5.69 Å². The second-order valence-electron chi connectivity index (χ2n) is 6.07. The number of carbonyl (C=O) groups is 1. The summed E-state index contributed by atoms with van der Waals surface area (Å²) < 4.78 is 3.71. The van der Waals surface area contributed by atoms with Crippen molar-refractivity contribution >= 4 is 11.6 Å². The average Bonchev–Trinajstić information content (AvgIpc) is 3.35. The summed E-state index contributed by atoms with van der Waals surface area (Å²) in [5.74, 6) is -0.182. The lowest BCUT2D eigenvalue weighted by atomic mass is 10.2. The Balaban J connectivity index is 1.44. The van der Waals surface area contributed by atoms with Gasteiger partial charge in [0, 0.05) is 24.3 Å². The van der Waals surface area contributed by atoms with Crippen LogP contribution < -0.4 is 5.32 Å². The number of rotatable bonds is 4. The van der Waals surface area contributed by atoms with E-state index < -0.39 is 0 Å². The normalized spacial score (nSPS) is 14.8. The maximum Gasteiger partial charge on any atom is 0.276 e. The Morgan fingerprint density at radius 2 is 1.88 bits per heavy atom. The number of nitrogens with zero attached hydrogens (tertiary/aromatic N) is 4. The maximum absolute atomic E-state index is 12.4. The van der Waals surface area contributed by atoms with Crippen LogP contribution in [-0.2, 0) is 0 Å². The maximum atomic E-state index is 12.4. The van der Waals surface area contributed by atoms with Crippen molar-refractivity contribution in [2.24, 2.45) is 0 Å². The largest absolute Gasteiger partial charge is 0.321 e. The molecule has 1 aromatic carbocycles. The SMILES string of the molecule is O=C(Nc1ccc(-n2cccn2)cc1)c1ccn(C2CCCC2)n1. The summed E-state index contributed by atoms with van der Waals surface area (Å²) in [7, 11) is 0. The number of carbonyl (C=O) groups excluding carboxylic acids is 1. The van der Waals surface area contributed by atoms with E-state index in [9.17, 15) is 4.79 Å². The molecule has 1 fully saturated rings. The molecule has 4 rings (SSSR count). The van der Waals surface area contributed by atoms with Crippen LogP contribution in [0.3, 0.4) is 0 Å². The molecule has 0 atom stereocenters. The van der Waals surface area contributed by atoms with E-state index in [1.807, 2.05) is 47.4 Å². The Morgan fingerprint density at radius 1 is 1.08 bits per heavy atom. The summed E-state index contributed by atoms with van der Waals surface area (Å²) in [5.41, 5.74) is 2.15. The lowest BCUT2D eigenvalue weighted by Gasteiger charge is -2.09. The summed E-state index contributed by atoms with van der Waals surface area (Å²) >= 11 is 0. The quantitative estimate of drug-likeness (QED) is 0.800. The first-order chi connectivity index (χ1) is 11.8. The molecule has 122 valence electrons. The van der Waals surface area contributed by atoms with Crippen molar-refractivity contribution in [3.63, 3.8) is 0 Å². The third kappa shape index (κ3) is 2.95. The molecule has 1 amide bonds. The van der Waals surface area contributed by atoms with Crippen LogP contribution in [0.5, 0.6) is 0 Å². The number of aromatic nitrogens is 4. The van der Waals surface area contributed by atoms with Crippen molar-refractivity contribution in [3.8, 4) is 5.69 Å². The van der Waals surface area contributed by atoms with E-state index in [-0.39, 0.29) is 5.91 Å². The molecule has 0 bridgehead atoms. The minimum absolute atomic E-state index is 0.182. The van der Waals surface area contributed by atoms with Gasteiger partial charge in [-0.1, -0.05) is 12.8 Å². The number of anilines is 1. The van der Waals surface area contributed by atoms with Crippen LogP contribution in [0, 0.1) is 0 Å². The Morgan fingerprint density at radius 3 is 2.58 bits per heavy atom. The molecule has 0 spiro atoms. The molecule has 1 N–H and O–H groups in total. The van der Waals surface area contributed by atoms with Gasteiger partial charge in [-0.25, -0.2) is 4.68 Å². The summed E-state index contributed by atoms with van der Waals surface area (Å²) in [5, 5.41) is 11.5. The van der Waals surface area contributed by atoms with Crippen molar-refractivity contribution in [1.29, 1.82) is 0 Å². The molecule has 3 aromatic rings. The molecule has 1 aliphatic carbocycles. The molecule has 0 aliphatic heterocycles.